The first kappa shape index (κ1) is 12.1. The van der Waals surface area contributed by atoms with E-state index in [9.17, 15) is 13.2 Å². The number of ether oxygens (including phenoxy) is 2. The van der Waals surface area contributed by atoms with Gasteiger partial charge in [0.15, 0.2) is 0 Å². The summed E-state index contributed by atoms with van der Waals surface area (Å²) in [6.45, 7) is 1.87. The quantitative estimate of drug-likeness (QED) is 0.727. The van der Waals surface area contributed by atoms with Gasteiger partial charge in [0.25, 0.3) is 0 Å². The second kappa shape index (κ2) is 4.89. The number of nitrogens with zero attached hydrogens (tertiary/aromatic N) is 1. The van der Waals surface area contributed by atoms with Crippen LogP contribution in [0.2, 0.25) is 0 Å². The number of halogens is 3. The lowest BCUT2D eigenvalue weighted by molar-refractivity contribution is -0.216. The Morgan fingerprint density at radius 1 is 1.12 bits per heavy atom. The maximum atomic E-state index is 13.0. The van der Waals surface area contributed by atoms with Gasteiger partial charge in [-0.15, -0.1) is 0 Å². The van der Waals surface area contributed by atoms with Crippen molar-refractivity contribution >= 4 is 0 Å². The van der Waals surface area contributed by atoms with Crippen LogP contribution in [0.4, 0.5) is 13.2 Å². The van der Waals surface area contributed by atoms with Gasteiger partial charge in [-0.1, -0.05) is 0 Å². The average Bonchev–Trinajstić information content (AvgIpc) is 2.71. The molecular weight excluding hydrogens is 223 g/mol. The number of hydrogen-bond donors (Lipinski definition) is 0. The molecule has 0 unspecified atom stereocenters. The van der Waals surface area contributed by atoms with Crippen LogP contribution >= 0.6 is 0 Å². The molecule has 2 atom stereocenters. The minimum absolute atomic E-state index is 0.337. The molecule has 0 saturated carbocycles. The van der Waals surface area contributed by atoms with E-state index in [2.05, 4.69) is 0 Å². The van der Waals surface area contributed by atoms with Gasteiger partial charge in [0.1, 0.15) is 6.04 Å². The fourth-order valence-corrected chi connectivity index (χ4v) is 2.36. The van der Waals surface area contributed by atoms with Gasteiger partial charge in [0, 0.05) is 19.7 Å². The molecule has 2 aliphatic rings. The average molecular weight is 239 g/mol. The summed E-state index contributed by atoms with van der Waals surface area (Å²) in [5.74, 6) is 0. The third-order valence-corrected chi connectivity index (χ3v) is 3.09. The van der Waals surface area contributed by atoms with Crippen molar-refractivity contribution < 1.29 is 22.6 Å². The summed E-state index contributed by atoms with van der Waals surface area (Å²) < 4.78 is 49.2. The highest BCUT2D eigenvalue weighted by atomic mass is 19.4. The molecule has 2 saturated heterocycles. The first-order valence-electron chi connectivity index (χ1n) is 5.59. The Morgan fingerprint density at radius 3 is 2.31 bits per heavy atom. The maximum absolute atomic E-state index is 13.0. The predicted molar refractivity (Wildman–Crippen MR) is 51.2 cm³/mol. The highest BCUT2D eigenvalue weighted by Gasteiger charge is 2.49. The van der Waals surface area contributed by atoms with Gasteiger partial charge in [-0.25, -0.2) is 0 Å². The zero-order chi connectivity index (χ0) is 11.6. The summed E-state index contributed by atoms with van der Waals surface area (Å²) in [4.78, 5) is 1.44. The Morgan fingerprint density at radius 2 is 1.81 bits per heavy atom. The summed E-state index contributed by atoms with van der Waals surface area (Å²) in [6.07, 6.45) is -3.69. The highest BCUT2D eigenvalue weighted by Crippen LogP contribution is 2.33. The molecule has 0 amide bonds. The SMILES string of the molecule is FC(F)(F)[C@H]([C@H]1CCCO1)N1CCOCC1. The molecule has 0 aromatic rings. The van der Waals surface area contributed by atoms with Crippen molar-refractivity contribution in [2.24, 2.45) is 0 Å². The Kier molecular flexibility index (Phi) is 3.71. The number of morpholine rings is 1. The molecule has 94 valence electrons. The Hall–Kier alpha value is -0.330. The molecule has 0 aromatic carbocycles. The normalized spacial score (nSPS) is 30.6. The summed E-state index contributed by atoms with van der Waals surface area (Å²) in [5, 5.41) is 0. The third kappa shape index (κ3) is 2.67. The van der Waals surface area contributed by atoms with E-state index in [4.69, 9.17) is 9.47 Å². The van der Waals surface area contributed by atoms with Gasteiger partial charge in [0.2, 0.25) is 0 Å². The standard InChI is InChI=1S/C10H16F3NO2/c11-10(12,13)9(8-2-1-5-16-8)14-3-6-15-7-4-14/h8-9H,1-7H2/t8-,9+/m1/s1. The van der Waals surface area contributed by atoms with Crippen molar-refractivity contribution in [1.29, 1.82) is 0 Å². The van der Waals surface area contributed by atoms with Crippen molar-refractivity contribution in [1.82, 2.24) is 4.90 Å². The van der Waals surface area contributed by atoms with Crippen LogP contribution in [0.1, 0.15) is 12.8 Å². The van der Waals surface area contributed by atoms with E-state index in [-0.39, 0.29) is 0 Å². The summed E-state index contributed by atoms with van der Waals surface area (Å²) >= 11 is 0. The predicted octanol–water partition coefficient (Wildman–Crippen LogP) is 1.43. The molecule has 2 aliphatic heterocycles. The molecule has 0 aliphatic carbocycles. The van der Waals surface area contributed by atoms with Gasteiger partial charge in [0.05, 0.1) is 19.3 Å². The van der Waals surface area contributed by atoms with Gasteiger partial charge < -0.3 is 9.47 Å². The molecule has 6 heteroatoms. The fourth-order valence-electron chi connectivity index (χ4n) is 2.36. The molecule has 0 radical (unpaired) electrons. The number of hydrogen-bond acceptors (Lipinski definition) is 3. The lowest BCUT2D eigenvalue weighted by Crippen LogP contribution is -2.56. The monoisotopic (exact) mass is 239 g/mol. The fraction of sp³-hybridized carbons (Fsp3) is 1.00. The molecule has 2 heterocycles. The van der Waals surface area contributed by atoms with Crippen LogP contribution in [0.3, 0.4) is 0 Å². The minimum atomic E-state index is -4.22. The van der Waals surface area contributed by atoms with Crippen LogP contribution in [-0.4, -0.2) is 56.1 Å². The van der Waals surface area contributed by atoms with Crippen LogP contribution in [0.15, 0.2) is 0 Å². The largest absolute Gasteiger partial charge is 0.406 e. The summed E-state index contributed by atoms with van der Waals surface area (Å²) in [6, 6.07) is -1.46. The molecule has 0 bridgehead atoms. The highest BCUT2D eigenvalue weighted by molar-refractivity contribution is 4.89. The molecule has 0 N–H and O–H groups in total. The molecule has 0 aromatic heterocycles. The molecule has 2 rings (SSSR count). The Balaban J connectivity index is 2.06. The second-order valence-electron chi connectivity index (χ2n) is 4.19. The van der Waals surface area contributed by atoms with Crippen molar-refractivity contribution in [2.75, 3.05) is 32.9 Å². The maximum Gasteiger partial charge on any atom is 0.406 e. The van der Waals surface area contributed by atoms with Gasteiger partial charge >= 0.3 is 6.18 Å². The first-order valence-corrected chi connectivity index (χ1v) is 5.59. The zero-order valence-electron chi connectivity index (χ0n) is 9.00. The zero-order valence-corrected chi connectivity index (χ0v) is 9.00. The van der Waals surface area contributed by atoms with Crippen molar-refractivity contribution in [2.45, 2.75) is 31.2 Å². The molecular formula is C10H16F3NO2. The Labute approximate surface area is 92.5 Å². The molecule has 3 nitrogen and oxygen atoms in total. The number of alkyl halides is 3. The van der Waals surface area contributed by atoms with E-state index in [0.29, 0.717) is 39.3 Å². The topological polar surface area (TPSA) is 21.7 Å². The van der Waals surface area contributed by atoms with Crippen LogP contribution in [0.25, 0.3) is 0 Å². The Bertz CT molecular complexity index is 223. The van der Waals surface area contributed by atoms with Crippen molar-refractivity contribution in [3.8, 4) is 0 Å². The van der Waals surface area contributed by atoms with E-state index < -0.39 is 18.3 Å². The van der Waals surface area contributed by atoms with Crippen molar-refractivity contribution in [3.05, 3.63) is 0 Å². The lowest BCUT2D eigenvalue weighted by atomic mass is 10.1. The van der Waals surface area contributed by atoms with E-state index in [1.54, 1.807) is 0 Å². The van der Waals surface area contributed by atoms with Crippen LogP contribution < -0.4 is 0 Å². The van der Waals surface area contributed by atoms with Crippen molar-refractivity contribution in [3.63, 3.8) is 0 Å². The minimum Gasteiger partial charge on any atom is -0.379 e. The van der Waals surface area contributed by atoms with Crippen LogP contribution in [0.5, 0.6) is 0 Å². The molecule has 2 fully saturated rings. The summed E-state index contributed by atoms with van der Waals surface area (Å²) in [7, 11) is 0. The third-order valence-electron chi connectivity index (χ3n) is 3.09. The molecule has 0 spiro atoms. The van der Waals surface area contributed by atoms with Gasteiger partial charge in [-0.3, -0.25) is 4.90 Å². The molecule has 16 heavy (non-hydrogen) atoms. The van der Waals surface area contributed by atoms with E-state index in [1.807, 2.05) is 0 Å². The van der Waals surface area contributed by atoms with Gasteiger partial charge in [-0.2, -0.15) is 13.2 Å². The second-order valence-corrected chi connectivity index (χ2v) is 4.19. The smallest absolute Gasteiger partial charge is 0.379 e. The van der Waals surface area contributed by atoms with Crippen LogP contribution in [-0.2, 0) is 9.47 Å². The van der Waals surface area contributed by atoms with E-state index >= 15 is 0 Å². The lowest BCUT2D eigenvalue weighted by Gasteiger charge is -2.38. The van der Waals surface area contributed by atoms with Crippen LogP contribution in [0, 0.1) is 0 Å². The van der Waals surface area contributed by atoms with E-state index in [1.165, 1.54) is 4.90 Å². The number of rotatable bonds is 2. The summed E-state index contributed by atoms with van der Waals surface area (Å²) in [5.41, 5.74) is 0. The van der Waals surface area contributed by atoms with E-state index in [0.717, 1.165) is 6.42 Å². The first-order chi connectivity index (χ1) is 7.59. The van der Waals surface area contributed by atoms with Gasteiger partial charge in [-0.05, 0) is 12.8 Å².